The molecule has 0 bridgehead atoms. The topological polar surface area (TPSA) is 66.8 Å². The maximum absolute atomic E-state index is 12.8. The number of benzene rings is 2. The lowest BCUT2D eigenvalue weighted by Gasteiger charge is -2.25. The largest absolute Gasteiger partial charge is 0.507 e. The predicted molar refractivity (Wildman–Crippen MR) is 108 cm³/mol. The van der Waals surface area contributed by atoms with Gasteiger partial charge in [0.05, 0.1) is 11.6 Å². The fourth-order valence-corrected chi connectivity index (χ4v) is 3.50. The molecule has 2 aromatic rings. The number of hydrogen-bond donors (Lipinski definition) is 1. The Morgan fingerprint density at radius 1 is 1.04 bits per heavy atom. The Morgan fingerprint density at radius 3 is 2.18 bits per heavy atom. The molecule has 0 saturated carbocycles. The average molecular weight is 420 g/mol. The molecular weight excluding hydrogens is 401 g/mol. The Labute approximate surface area is 173 Å². The predicted octanol–water partition coefficient (Wildman–Crippen LogP) is 4.45. The molecule has 0 aliphatic carbocycles. The van der Waals surface area contributed by atoms with Crippen molar-refractivity contribution in [2.75, 3.05) is 20.3 Å². The molecule has 1 heterocycles. The summed E-state index contributed by atoms with van der Waals surface area (Å²) < 4.78 is 5.06. The Balaban J connectivity index is 2.10. The van der Waals surface area contributed by atoms with Crippen LogP contribution in [0.4, 0.5) is 0 Å². The summed E-state index contributed by atoms with van der Waals surface area (Å²) in [6, 6.07) is 12.6. The second-order valence-electron chi connectivity index (χ2n) is 6.40. The standard InChI is InChI=1S/C21H19Cl2NO4/c1-28-12-2-11-24-18(13-3-7-15(22)8-4-13)17(20(26)21(24)27)19(25)14-5-9-16(23)10-6-14/h3-10,18,25H,2,11-12H2,1H3. The fraction of sp³-hybridized carbons (Fsp3) is 0.238. The van der Waals surface area contributed by atoms with Crippen molar-refractivity contribution in [3.05, 3.63) is 75.3 Å². The first-order valence-corrected chi connectivity index (χ1v) is 9.48. The summed E-state index contributed by atoms with van der Waals surface area (Å²) >= 11 is 11.9. The first kappa shape index (κ1) is 20.4. The summed E-state index contributed by atoms with van der Waals surface area (Å²) in [6.45, 7) is 0.774. The second kappa shape index (κ2) is 8.78. The lowest BCUT2D eigenvalue weighted by molar-refractivity contribution is -0.140. The third kappa shape index (κ3) is 4.07. The molecule has 0 spiro atoms. The third-order valence-corrected chi connectivity index (χ3v) is 5.09. The van der Waals surface area contributed by atoms with Crippen molar-refractivity contribution >= 4 is 40.7 Å². The summed E-state index contributed by atoms with van der Waals surface area (Å²) in [5.74, 6) is -1.60. The van der Waals surface area contributed by atoms with Crippen LogP contribution in [-0.4, -0.2) is 42.0 Å². The van der Waals surface area contributed by atoms with E-state index in [2.05, 4.69) is 0 Å². The molecule has 2 aromatic carbocycles. The number of Topliss-reactive ketones (excluding diaryl/α,β-unsaturated/α-hetero) is 1. The van der Waals surface area contributed by atoms with Gasteiger partial charge in [0.25, 0.3) is 11.7 Å². The van der Waals surface area contributed by atoms with Crippen LogP contribution in [0.1, 0.15) is 23.6 Å². The monoisotopic (exact) mass is 419 g/mol. The third-order valence-electron chi connectivity index (χ3n) is 4.59. The SMILES string of the molecule is COCCCN1C(=O)C(=O)C(=C(O)c2ccc(Cl)cc2)C1c1ccc(Cl)cc1. The van der Waals surface area contributed by atoms with Crippen LogP contribution in [0.25, 0.3) is 5.76 Å². The number of nitrogens with zero attached hydrogens (tertiary/aromatic N) is 1. The van der Waals surface area contributed by atoms with Crippen molar-refractivity contribution < 1.29 is 19.4 Å². The van der Waals surface area contributed by atoms with Crippen LogP contribution in [0.3, 0.4) is 0 Å². The van der Waals surface area contributed by atoms with Crippen molar-refractivity contribution in [1.82, 2.24) is 4.90 Å². The van der Waals surface area contributed by atoms with E-state index in [1.807, 2.05) is 0 Å². The van der Waals surface area contributed by atoms with Gasteiger partial charge >= 0.3 is 0 Å². The van der Waals surface area contributed by atoms with E-state index in [9.17, 15) is 14.7 Å². The van der Waals surface area contributed by atoms with Crippen LogP contribution in [0.15, 0.2) is 54.1 Å². The molecule has 0 aromatic heterocycles. The van der Waals surface area contributed by atoms with Crippen LogP contribution in [0.2, 0.25) is 10.0 Å². The molecule has 1 atom stereocenters. The smallest absolute Gasteiger partial charge is 0.295 e. The van der Waals surface area contributed by atoms with Gasteiger partial charge in [-0.25, -0.2) is 0 Å². The number of carbonyl (C=O) groups excluding carboxylic acids is 2. The molecule has 1 N–H and O–H groups in total. The number of amides is 1. The van der Waals surface area contributed by atoms with Crippen molar-refractivity contribution in [3.63, 3.8) is 0 Å². The number of rotatable bonds is 6. The van der Waals surface area contributed by atoms with Gasteiger partial charge in [-0.15, -0.1) is 0 Å². The first-order valence-electron chi connectivity index (χ1n) is 8.72. The molecule has 1 unspecified atom stereocenters. The number of methoxy groups -OCH3 is 1. The van der Waals surface area contributed by atoms with E-state index < -0.39 is 17.7 Å². The highest BCUT2D eigenvalue weighted by Crippen LogP contribution is 2.39. The molecule has 1 amide bonds. The Bertz CT molecular complexity index is 907. The zero-order valence-electron chi connectivity index (χ0n) is 15.2. The number of halogens is 2. The van der Waals surface area contributed by atoms with Gasteiger partial charge in [0, 0.05) is 35.9 Å². The maximum Gasteiger partial charge on any atom is 0.295 e. The summed E-state index contributed by atoms with van der Waals surface area (Å²) in [7, 11) is 1.57. The summed E-state index contributed by atoms with van der Waals surface area (Å²) in [6.07, 6.45) is 0.564. The van der Waals surface area contributed by atoms with Gasteiger partial charge in [-0.3, -0.25) is 9.59 Å². The number of aliphatic hydroxyl groups excluding tert-OH is 1. The highest BCUT2D eigenvalue weighted by atomic mass is 35.5. The zero-order valence-corrected chi connectivity index (χ0v) is 16.7. The number of carbonyl (C=O) groups is 2. The number of likely N-dealkylation sites (tertiary alicyclic amines) is 1. The highest BCUT2D eigenvalue weighted by Gasteiger charge is 2.45. The maximum atomic E-state index is 12.8. The molecule has 1 fully saturated rings. The van der Waals surface area contributed by atoms with Gasteiger partial charge in [0.2, 0.25) is 0 Å². The molecule has 5 nitrogen and oxygen atoms in total. The molecule has 1 saturated heterocycles. The minimum absolute atomic E-state index is 0.0482. The number of aliphatic hydroxyl groups is 1. The van der Waals surface area contributed by atoms with E-state index in [0.717, 1.165) is 0 Å². The lowest BCUT2D eigenvalue weighted by atomic mass is 9.95. The molecule has 1 aliphatic heterocycles. The van der Waals surface area contributed by atoms with Gasteiger partial charge in [0.15, 0.2) is 0 Å². The van der Waals surface area contributed by atoms with Crippen molar-refractivity contribution in [3.8, 4) is 0 Å². The van der Waals surface area contributed by atoms with E-state index in [-0.39, 0.29) is 11.3 Å². The van der Waals surface area contributed by atoms with Crippen molar-refractivity contribution in [1.29, 1.82) is 0 Å². The van der Waals surface area contributed by atoms with Crippen molar-refractivity contribution in [2.45, 2.75) is 12.5 Å². The molecular formula is C21H19Cl2NO4. The molecule has 146 valence electrons. The van der Waals surface area contributed by atoms with Crippen LogP contribution >= 0.6 is 23.2 Å². The number of hydrogen-bond acceptors (Lipinski definition) is 4. The minimum Gasteiger partial charge on any atom is -0.507 e. The molecule has 3 rings (SSSR count). The Morgan fingerprint density at radius 2 is 1.61 bits per heavy atom. The highest BCUT2D eigenvalue weighted by molar-refractivity contribution is 6.46. The zero-order chi connectivity index (χ0) is 20.3. The van der Waals surface area contributed by atoms with E-state index in [4.69, 9.17) is 27.9 Å². The van der Waals surface area contributed by atoms with E-state index in [0.29, 0.717) is 40.7 Å². The molecule has 0 radical (unpaired) electrons. The van der Waals surface area contributed by atoms with E-state index in [1.54, 1.807) is 55.6 Å². The van der Waals surface area contributed by atoms with Crippen LogP contribution in [0.5, 0.6) is 0 Å². The lowest BCUT2D eigenvalue weighted by Crippen LogP contribution is -2.31. The quantitative estimate of drug-likeness (QED) is 0.325. The van der Waals surface area contributed by atoms with Crippen molar-refractivity contribution in [2.24, 2.45) is 0 Å². The minimum atomic E-state index is -0.718. The molecule has 1 aliphatic rings. The summed E-state index contributed by atoms with van der Waals surface area (Å²) in [4.78, 5) is 26.9. The van der Waals surface area contributed by atoms with Gasteiger partial charge in [-0.1, -0.05) is 35.3 Å². The molecule has 7 heteroatoms. The van der Waals surface area contributed by atoms with Gasteiger partial charge in [-0.2, -0.15) is 0 Å². The number of ketones is 1. The van der Waals surface area contributed by atoms with Gasteiger partial charge in [-0.05, 0) is 48.4 Å². The van der Waals surface area contributed by atoms with E-state index >= 15 is 0 Å². The Hall–Kier alpha value is -2.34. The van der Waals surface area contributed by atoms with Crippen LogP contribution < -0.4 is 0 Å². The fourth-order valence-electron chi connectivity index (χ4n) is 3.24. The Kier molecular flexibility index (Phi) is 6.39. The molecule has 28 heavy (non-hydrogen) atoms. The normalized spacial score (nSPS) is 18.7. The van der Waals surface area contributed by atoms with Crippen LogP contribution in [-0.2, 0) is 14.3 Å². The first-order chi connectivity index (χ1) is 13.4. The van der Waals surface area contributed by atoms with Crippen LogP contribution in [0, 0.1) is 0 Å². The van der Waals surface area contributed by atoms with E-state index in [1.165, 1.54) is 4.90 Å². The van der Waals surface area contributed by atoms with Gasteiger partial charge < -0.3 is 14.7 Å². The summed E-state index contributed by atoms with van der Waals surface area (Å²) in [5.41, 5.74) is 1.15. The summed E-state index contributed by atoms with van der Waals surface area (Å²) in [5, 5.41) is 11.9. The second-order valence-corrected chi connectivity index (χ2v) is 7.27. The average Bonchev–Trinajstić information content (AvgIpc) is 2.94. The number of ether oxygens (including phenoxy) is 1. The van der Waals surface area contributed by atoms with Gasteiger partial charge in [0.1, 0.15) is 5.76 Å².